The summed E-state index contributed by atoms with van der Waals surface area (Å²) in [6, 6.07) is 19.4. The van der Waals surface area contributed by atoms with E-state index in [0.717, 1.165) is 16.6 Å². The third-order valence-corrected chi connectivity index (χ3v) is 4.45. The summed E-state index contributed by atoms with van der Waals surface area (Å²) < 4.78 is 0. The fraction of sp³-hybridized carbons (Fsp3) is 0.0500. The lowest BCUT2D eigenvalue weighted by Crippen LogP contribution is -2.42. The van der Waals surface area contributed by atoms with Gasteiger partial charge in [-0.1, -0.05) is 48.5 Å². The van der Waals surface area contributed by atoms with E-state index in [2.05, 4.69) is 15.2 Å². The molecule has 0 saturated carbocycles. The predicted molar refractivity (Wildman–Crippen MR) is 98.0 cm³/mol. The Balaban J connectivity index is 1.88. The molecule has 0 fully saturated rings. The molecule has 1 unspecified atom stereocenters. The van der Waals surface area contributed by atoms with Gasteiger partial charge in [0.2, 0.25) is 0 Å². The molecule has 4 N–H and O–H groups in total. The predicted octanol–water partition coefficient (Wildman–Crippen LogP) is 2.35. The number of H-pyrrole nitrogens is 1. The highest BCUT2D eigenvalue weighted by Gasteiger charge is 2.38. The van der Waals surface area contributed by atoms with Crippen LogP contribution in [0.15, 0.2) is 72.9 Å². The van der Waals surface area contributed by atoms with Gasteiger partial charge in [0.1, 0.15) is 0 Å². The van der Waals surface area contributed by atoms with Crippen LogP contribution in [-0.4, -0.2) is 26.2 Å². The van der Waals surface area contributed by atoms with E-state index in [1.54, 1.807) is 48.7 Å². The number of hydrogen-bond acceptors (Lipinski definition) is 4. The Hall–Kier alpha value is -3.51. The van der Waals surface area contributed by atoms with Crippen LogP contribution in [0.4, 0.5) is 0 Å². The van der Waals surface area contributed by atoms with Crippen molar-refractivity contribution in [2.75, 3.05) is 0 Å². The zero-order valence-electron chi connectivity index (χ0n) is 13.8. The van der Waals surface area contributed by atoms with Gasteiger partial charge in [0, 0.05) is 17.1 Å². The monoisotopic (exact) mass is 344 g/mol. The van der Waals surface area contributed by atoms with Crippen molar-refractivity contribution < 1.29 is 9.90 Å². The highest BCUT2D eigenvalue weighted by Crippen LogP contribution is 2.33. The van der Waals surface area contributed by atoms with Crippen LogP contribution in [0.1, 0.15) is 11.1 Å². The minimum absolute atomic E-state index is 0.389. The molecule has 2 aromatic carbocycles. The number of benzene rings is 2. The molecule has 0 saturated heterocycles. The molecule has 2 aromatic heterocycles. The third-order valence-electron chi connectivity index (χ3n) is 4.45. The number of nitrogens with one attached hydrogen (secondary N) is 1. The minimum atomic E-state index is -1.93. The van der Waals surface area contributed by atoms with E-state index in [9.17, 15) is 9.90 Å². The number of pyridine rings is 1. The van der Waals surface area contributed by atoms with Crippen LogP contribution in [-0.2, 0) is 10.4 Å². The first-order chi connectivity index (χ1) is 12.6. The minimum Gasteiger partial charge on any atom is -0.372 e. The molecule has 6 nitrogen and oxygen atoms in total. The number of fused-ring (bicyclic) bond motifs is 1. The van der Waals surface area contributed by atoms with Crippen molar-refractivity contribution in [2.24, 2.45) is 5.73 Å². The van der Waals surface area contributed by atoms with Gasteiger partial charge in [-0.2, -0.15) is 5.10 Å². The van der Waals surface area contributed by atoms with Gasteiger partial charge in [-0.3, -0.25) is 9.89 Å². The quantitative estimate of drug-likeness (QED) is 0.528. The highest BCUT2D eigenvalue weighted by atomic mass is 16.3. The van der Waals surface area contributed by atoms with Crippen LogP contribution >= 0.6 is 0 Å². The van der Waals surface area contributed by atoms with Crippen molar-refractivity contribution >= 4 is 16.9 Å². The van der Waals surface area contributed by atoms with E-state index < -0.39 is 11.5 Å². The summed E-state index contributed by atoms with van der Waals surface area (Å²) in [5, 5.41) is 19.2. The second-order valence-electron chi connectivity index (χ2n) is 5.99. The van der Waals surface area contributed by atoms with Crippen molar-refractivity contribution in [2.45, 2.75) is 5.60 Å². The lowest BCUT2D eigenvalue weighted by molar-refractivity contribution is -0.133. The van der Waals surface area contributed by atoms with Crippen LogP contribution in [0.25, 0.3) is 22.3 Å². The summed E-state index contributed by atoms with van der Waals surface area (Å²) in [5.41, 5.74) is 6.59. The van der Waals surface area contributed by atoms with Gasteiger partial charge >= 0.3 is 0 Å². The zero-order valence-corrected chi connectivity index (χ0v) is 13.8. The molecule has 6 heteroatoms. The van der Waals surface area contributed by atoms with Crippen LogP contribution in [0.5, 0.6) is 0 Å². The first-order valence-corrected chi connectivity index (χ1v) is 8.08. The lowest BCUT2D eigenvalue weighted by atomic mass is 9.84. The maximum absolute atomic E-state index is 12.2. The number of aliphatic hydroxyl groups is 1. The molecular weight excluding hydrogens is 328 g/mol. The normalized spacial score (nSPS) is 13.4. The molecule has 1 amide bonds. The van der Waals surface area contributed by atoms with Gasteiger partial charge in [-0.25, -0.2) is 4.98 Å². The maximum atomic E-state index is 12.2. The Labute approximate surface area is 149 Å². The number of nitrogens with two attached hydrogens (primary N) is 1. The number of hydrogen-bond donors (Lipinski definition) is 3. The lowest BCUT2D eigenvalue weighted by Gasteiger charge is -2.26. The van der Waals surface area contributed by atoms with E-state index in [1.165, 1.54) is 0 Å². The van der Waals surface area contributed by atoms with Crippen LogP contribution in [0.2, 0.25) is 0 Å². The summed E-state index contributed by atoms with van der Waals surface area (Å²) >= 11 is 0. The van der Waals surface area contributed by atoms with E-state index in [0.29, 0.717) is 16.8 Å². The van der Waals surface area contributed by atoms with E-state index in [4.69, 9.17) is 5.73 Å². The molecule has 0 aliphatic rings. The first kappa shape index (κ1) is 16.0. The standard InChI is InChI=1S/C20H16N4O2/c21-19(25)20(26,14-7-2-1-3-8-14)15-9-4-6-13(12-15)17-16-10-5-11-22-18(16)24-23-17/h1-12,26H,(H2,21,25)(H,22,23,24). The molecule has 128 valence electrons. The average molecular weight is 344 g/mol. The Kier molecular flexibility index (Phi) is 3.74. The van der Waals surface area contributed by atoms with Gasteiger partial charge in [-0.05, 0) is 29.3 Å². The molecule has 2 heterocycles. The Morgan fingerprint density at radius 1 is 1.00 bits per heavy atom. The number of rotatable bonds is 4. The van der Waals surface area contributed by atoms with Crippen LogP contribution in [0, 0.1) is 0 Å². The summed E-state index contributed by atoms with van der Waals surface area (Å²) in [4.78, 5) is 16.4. The second-order valence-corrected chi connectivity index (χ2v) is 5.99. The number of carbonyl (C=O) groups is 1. The molecule has 26 heavy (non-hydrogen) atoms. The Morgan fingerprint density at radius 2 is 1.77 bits per heavy atom. The summed E-state index contributed by atoms with van der Waals surface area (Å²) in [6.07, 6.45) is 1.67. The smallest absolute Gasteiger partial charge is 0.258 e. The van der Waals surface area contributed by atoms with Crippen LogP contribution < -0.4 is 5.73 Å². The Bertz CT molecular complexity index is 1090. The summed E-state index contributed by atoms with van der Waals surface area (Å²) in [7, 11) is 0. The number of nitrogens with zero attached hydrogens (tertiary/aromatic N) is 2. The summed E-state index contributed by atoms with van der Waals surface area (Å²) in [5.74, 6) is -0.836. The van der Waals surface area contributed by atoms with E-state index in [-0.39, 0.29) is 0 Å². The van der Waals surface area contributed by atoms with Gasteiger partial charge in [0.05, 0.1) is 5.69 Å². The molecule has 4 aromatic rings. The summed E-state index contributed by atoms with van der Waals surface area (Å²) in [6.45, 7) is 0. The molecule has 0 spiro atoms. The molecule has 0 aliphatic heterocycles. The second kappa shape index (κ2) is 6.09. The topological polar surface area (TPSA) is 105 Å². The van der Waals surface area contributed by atoms with Crippen LogP contribution in [0.3, 0.4) is 0 Å². The van der Waals surface area contributed by atoms with Gasteiger partial charge < -0.3 is 10.8 Å². The third kappa shape index (κ3) is 2.44. The Morgan fingerprint density at radius 3 is 2.54 bits per heavy atom. The molecule has 0 radical (unpaired) electrons. The zero-order chi connectivity index (χ0) is 18.1. The van der Waals surface area contributed by atoms with Gasteiger partial charge in [-0.15, -0.1) is 0 Å². The number of aromatic amines is 1. The van der Waals surface area contributed by atoms with Crippen molar-refractivity contribution in [1.82, 2.24) is 15.2 Å². The van der Waals surface area contributed by atoms with Gasteiger partial charge in [0.15, 0.2) is 11.2 Å². The van der Waals surface area contributed by atoms with E-state index in [1.807, 2.05) is 24.3 Å². The highest BCUT2D eigenvalue weighted by molar-refractivity contribution is 5.92. The SMILES string of the molecule is NC(=O)C(O)(c1ccccc1)c1cccc(-c2[nH]nc3ncccc23)c1. The number of aromatic nitrogens is 3. The molecule has 0 bridgehead atoms. The largest absolute Gasteiger partial charge is 0.372 e. The maximum Gasteiger partial charge on any atom is 0.258 e. The van der Waals surface area contributed by atoms with Crippen molar-refractivity contribution in [3.8, 4) is 11.3 Å². The van der Waals surface area contributed by atoms with Gasteiger partial charge in [0.25, 0.3) is 5.91 Å². The number of carbonyl (C=O) groups excluding carboxylic acids is 1. The van der Waals surface area contributed by atoms with E-state index >= 15 is 0 Å². The molecular formula is C20H16N4O2. The number of primary amides is 1. The first-order valence-electron chi connectivity index (χ1n) is 8.08. The van der Waals surface area contributed by atoms with Crippen molar-refractivity contribution in [1.29, 1.82) is 0 Å². The fourth-order valence-electron chi connectivity index (χ4n) is 3.10. The molecule has 4 rings (SSSR count). The fourth-order valence-corrected chi connectivity index (χ4v) is 3.10. The molecule has 1 atom stereocenters. The average Bonchev–Trinajstić information content (AvgIpc) is 3.12. The van der Waals surface area contributed by atoms with Crippen molar-refractivity contribution in [3.63, 3.8) is 0 Å². The molecule has 0 aliphatic carbocycles. The number of amides is 1. The van der Waals surface area contributed by atoms with Crippen molar-refractivity contribution in [3.05, 3.63) is 84.1 Å².